The van der Waals surface area contributed by atoms with Crippen molar-refractivity contribution < 1.29 is 18.7 Å². The molecule has 7 heteroatoms. The number of thioether (sulfide) groups is 2. The first-order chi connectivity index (χ1) is 9.63. The summed E-state index contributed by atoms with van der Waals surface area (Å²) in [5.74, 6) is -0.0962. The van der Waals surface area contributed by atoms with Gasteiger partial charge in [0, 0.05) is 23.8 Å². The molecular formula is C13H17F2NO2S2. The molecule has 0 fully saturated rings. The van der Waals surface area contributed by atoms with Gasteiger partial charge in [0.25, 0.3) is 0 Å². The number of rotatable bonds is 9. The predicted octanol–water partition coefficient (Wildman–Crippen LogP) is 2.29. The van der Waals surface area contributed by atoms with Gasteiger partial charge in [-0.2, -0.15) is 11.8 Å². The maximum atomic E-state index is 12.9. The van der Waals surface area contributed by atoms with Gasteiger partial charge in [-0.3, -0.25) is 4.79 Å². The topological polar surface area (TPSA) is 49.3 Å². The van der Waals surface area contributed by atoms with Gasteiger partial charge in [0.2, 0.25) is 5.91 Å². The van der Waals surface area contributed by atoms with Crippen LogP contribution in [0.2, 0.25) is 0 Å². The summed E-state index contributed by atoms with van der Waals surface area (Å²) in [5, 5.41) is 11.3. The number of benzene rings is 1. The van der Waals surface area contributed by atoms with Gasteiger partial charge in [-0.15, -0.1) is 11.8 Å². The van der Waals surface area contributed by atoms with Crippen LogP contribution in [-0.4, -0.2) is 41.4 Å². The second kappa shape index (κ2) is 10.0. The van der Waals surface area contributed by atoms with E-state index >= 15 is 0 Å². The van der Waals surface area contributed by atoms with E-state index < -0.39 is 11.6 Å². The highest BCUT2D eigenvalue weighted by molar-refractivity contribution is 8.00. The molecule has 0 atom stereocenters. The van der Waals surface area contributed by atoms with Crippen molar-refractivity contribution in [1.29, 1.82) is 0 Å². The molecule has 0 saturated carbocycles. The monoisotopic (exact) mass is 321 g/mol. The standard InChI is InChI=1S/C13H17F2NO2S2/c14-11-3-2-10(8-12(11)15)20-9-13(18)16-4-7-19-6-1-5-17/h2-3,8,17H,1,4-7,9H2,(H,16,18). The van der Waals surface area contributed by atoms with E-state index in [0.29, 0.717) is 11.4 Å². The Kier molecular flexibility index (Phi) is 8.64. The number of hydrogen-bond acceptors (Lipinski definition) is 4. The van der Waals surface area contributed by atoms with Gasteiger partial charge in [-0.25, -0.2) is 8.78 Å². The van der Waals surface area contributed by atoms with Crippen LogP contribution in [-0.2, 0) is 4.79 Å². The molecule has 0 aliphatic heterocycles. The molecule has 1 aromatic rings. The van der Waals surface area contributed by atoms with E-state index in [1.807, 2.05) is 0 Å². The van der Waals surface area contributed by atoms with Crippen molar-refractivity contribution in [2.75, 3.05) is 30.4 Å². The Bertz CT molecular complexity index is 433. The van der Waals surface area contributed by atoms with Gasteiger partial charge in [0.1, 0.15) is 0 Å². The smallest absolute Gasteiger partial charge is 0.230 e. The predicted molar refractivity (Wildman–Crippen MR) is 79.1 cm³/mol. The molecule has 0 saturated heterocycles. The van der Waals surface area contributed by atoms with Crippen LogP contribution in [0.5, 0.6) is 0 Å². The molecular weight excluding hydrogens is 304 g/mol. The van der Waals surface area contributed by atoms with Crippen molar-refractivity contribution in [3.8, 4) is 0 Å². The Morgan fingerprint density at radius 2 is 2.05 bits per heavy atom. The normalized spacial score (nSPS) is 10.6. The summed E-state index contributed by atoms with van der Waals surface area (Å²) in [4.78, 5) is 12.0. The van der Waals surface area contributed by atoms with Crippen LogP contribution < -0.4 is 5.32 Å². The SMILES string of the molecule is O=C(CSc1ccc(F)c(F)c1)NCCSCCCO. The zero-order valence-corrected chi connectivity index (χ0v) is 12.5. The van der Waals surface area contributed by atoms with Crippen LogP contribution in [0.1, 0.15) is 6.42 Å². The van der Waals surface area contributed by atoms with Gasteiger partial charge >= 0.3 is 0 Å². The molecule has 0 radical (unpaired) electrons. The van der Waals surface area contributed by atoms with Crippen molar-refractivity contribution in [2.24, 2.45) is 0 Å². The van der Waals surface area contributed by atoms with E-state index in [-0.39, 0.29) is 18.3 Å². The fourth-order valence-electron chi connectivity index (χ4n) is 1.30. The lowest BCUT2D eigenvalue weighted by molar-refractivity contribution is -0.118. The second-order valence-corrected chi connectivity index (χ2v) is 6.18. The first-order valence-corrected chi connectivity index (χ1v) is 8.30. The Morgan fingerprint density at radius 1 is 1.25 bits per heavy atom. The van der Waals surface area contributed by atoms with Crippen molar-refractivity contribution in [3.63, 3.8) is 0 Å². The van der Waals surface area contributed by atoms with Crippen LogP contribution >= 0.6 is 23.5 Å². The molecule has 1 rings (SSSR count). The van der Waals surface area contributed by atoms with Gasteiger partial charge in [0.15, 0.2) is 11.6 Å². The summed E-state index contributed by atoms with van der Waals surface area (Å²) in [6.07, 6.45) is 0.755. The van der Waals surface area contributed by atoms with Crippen LogP contribution in [0.25, 0.3) is 0 Å². The number of hydrogen-bond donors (Lipinski definition) is 2. The lowest BCUT2D eigenvalue weighted by atomic mass is 10.3. The summed E-state index contributed by atoms with van der Waals surface area (Å²) in [5.41, 5.74) is 0. The van der Waals surface area contributed by atoms with Crippen molar-refractivity contribution >= 4 is 29.4 Å². The van der Waals surface area contributed by atoms with E-state index in [1.54, 1.807) is 11.8 Å². The summed E-state index contributed by atoms with van der Waals surface area (Å²) >= 11 is 2.83. The fraction of sp³-hybridized carbons (Fsp3) is 0.462. The minimum atomic E-state index is -0.907. The molecule has 0 aromatic heterocycles. The first-order valence-electron chi connectivity index (χ1n) is 6.16. The van der Waals surface area contributed by atoms with E-state index in [1.165, 1.54) is 6.07 Å². The molecule has 0 aliphatic rings. The molecule has 0 unspecified atom stereocenters. The third-order valence-corrected chi connectivity index (χ3v) is 4.34. The maximum Gasteiger partial charge on any atom is 0.230 e. The van der Waals surface area contributed by atoms with Gasteiger partial charge < -0.3 is 10.4 Å². The Hall–Kier alpha value is -0.790. The lowest BCUT2D eigenvalue weighted by Gasteiger charge is -2.05. The zero-order chi connectivity index (χ0) is 14.8. The van der Waals surface area contributed by atoms with Crippen molar-refractivity contribution in [1.82, 2.24) is 5.32 Å². The summed E-state index contributed by atoms with van der Waals surface area (Å²) in [7, 11) is 0. The number of halogens is 2. The van der Waals surface area contributed by atoms with Gasteiger partial charge in [-0.05, 0) is 30.4 Å². The lowest BCUT2D eigenvalue weighted by Crippen LogP contribution is -2.27. The Morgan fingerprint density at radius 3 is 2.75 bits per heavy atom. The van der Waals surface area contributed by atoms with Crippen LogP contribution in [0.15, 0.2) is 23.1 Å². The first kappa shape index (κ1) is 17.3. The molecule has 0 heterocycles. The van der Waals surface area contributed by atoms with E-state index in [2.05, 4.69) is 5.32 Å². The third kappa shape index (κ3) is 7.12. The fourth-order valence-corrected chi connectivity index (χ4v) is 2.83. The number of amides is 1. The molecule has 2 N–H and O–H groups in total. The second-order valence-electron chi connectivity index (χ2n) is 3.90. The summed E-state index contributed by atoms with van der Waals surface area (Å²) in [6.45, 7) is 0.748. The average Bonchev–Trinajstić information content (AvgIpc) is 2.44. The number of aliphatic hydroxyl groups is 1. The number of aliphatic hydroxyl groups excluding tert-OH is 1. The third-order valence-electron chi connectivity index (χ3n) is 2.28. The minimum absolute atomic E-state index is 0.137. The summed E-state index contributed by atoms with van der Waals surface area (Å²) in [6, 6.07) is 3.58. The van der Waals surface area contributed by atoms with E-state index in [0.717, 1.165) is 41.8 Å². The molecule has 0 spiro atoms. The van der Waals surface area contributed by atoms with Gasteiger partial charge in [-0.1, -0.05) is 0 Å². The van der Waals surface area contributed by atoms with E-state index in [4.69, 9.17) is 5.11 Å². The quantitative estimate of drug-likeness (QED) is 0.541. The van der Waals surface area contributed by atoms with Gasteiger partial charge in [0.05, 0.1) is 5.75 Å². The Balaban J connectivity index is 2.15. The van der Waals surface area contributed by atoms with Crippen molar-refractivity contribution in [2.45, 2.75) is 11.3 Å². The highest BCUT2D eigenvalue weighted by atomic mass is 32.2. The molecule has 3 nitrogen and oxygen atoms in total. The molecule has 112 valence electrons. The average molecular weight is 321 g/mol. The van der Waals surface area contributed by atoms with Crippen LogP contribution in [0.3, 0.4) is 0 Å². The van der Waals surface area contributed by atoms with Crippen LogP contribution in [0.4, 0.5) is 8.78 Å². The highest BCUT2D eigenvalue weighted by Gasteiger charge is 2.06. The number of nitrogens with one attached hydrogen (secondary N) is 1. The Labute approximate surface area is 125 Å². The molecule has 0 aliphatic carbocycles. The minimum Gasteiger partial charge on any atom is -0.396 e. The molecule has 1 amide bonds. The number of carbonyl (C=O) groups excluding carboxylic acids is 1. The zero-order valence-electron chi connectivity index (χ0n) is 10.9. The highest BCUT2D eigenvalue weighted by Crippen LogP contribution is 2.19. The molecule has 1 aromatic carbocycles. The van der Waals surface area contributed by atoms with Crippen LogP contribution in [0, 0.1) is 11.6 Å². The largest absolute Gasteiger partial charge is 0.396 e. The molecule has 20 heavy (non-hydrogen) atoms. The van der Waals surface area contributed by atoms with E-state index in [9.17, 15) is 13.6 Å². The summed E-state index contributed by atoms with van der Waals surface area (Å²) < 4.78 is 25.7. The maximum absolute atomic E-state index is 12.9. The van der Waals surface area contributed by atoms with Crippen molar-refractivity contribution in [3.05, 3.63) is 29.8 Å². The number of carbonyl (C=O) groups is 1. The molecule has 0 bridgehead atoms.